The number of fused-ring (bicyclic) bond motifs is 2. The minimum Gasteiger partial charge on any atom is -0.0842 e. The monoisotopic (exact) mass is 162 g/mol. The molecule has 2 aliphatic carbocycles. The van der Waals surface area contributed by atoms with Crippen LogP contribution in [0.3, 0.4) is 0 Å². The van der Waals surface area contributed by atoms with Crippen LogP contribution in [0, 0.1) is 17.8 Å². The molecule has 0 amide bonds. The Labute approximate surface area is 75.4 Å². The maximum Gasteiger partial charge on any atom is -0.00119 e. The molecule has 0 heteroatoms. The summed E-state index contributed by atoms with van der Waals surface area (Å²) < 4.78 is 0. The third-order valence-electron chi connectivity index (χ3n) is 3.45. The van der Waals surface area contributed by atoms with Gasteiger partial charge in [-0.15, -0.1) is 0 Å². The Balaban J connectivity index is 2.35. The van der Waals surface area contributed by atoms with Crippen molar-refractivity contribution in [3.05, 3.63) is 23.3 Å². The first-order chi connectivity index (χ1) is 5.74. The van der Waals surface area contributed by atoms with Crippen molar-refractivity contribution in [1.29, 1.82) is 0 Å². The fraction of sp³-hybridized carbons (Fsp3) is 0.667. The Morgan fingerprint density at radius 1 is 1.42 bits per heavy atom. The summed E-state index contributed by atoms with van der Waals surface area (Å²) in [7, 11) is 0. The van der Waals surface area contributed by atoms with Gasteiger partial charge in [-0.25, -0.2) is 0 Å². The van der Waals surface area contributed by atoms with Crippen molar-refractivity contribution in [1.82, 2.24) is 0 Å². The molecule has 3 atom stereocenters. The lowest BCUT2D eigenvalue weighted by Crippen LogP contribution is -2.09. The fourth-order valence-corrected chi connectivity index (χ4v) is 3.03. The zero-order chi connectivity index (χ0) is 8.72. The van der Waals surface area contributed by atoms with E-state index in [0.717, 1.165) is 17.8 Å². The molecule has 0 aromatic rings. The molecule has 0 saturated heterocycles. The number of hydrogen-bond donors (Lipinski definition) is 0. The zero-order valence-electron chi connectivity index (χ0n) is 8.30. The number of rotatable bonds is 1. The van der Waals surface area contributed by atoms with Crippen LogP contribution < -0.4 is 0 Å². The second-order valence-corrected chi connectivity index (χ2v) is 4.36. The van der Waals surface area contributed by atoms with Gasteiger partial charge in [0.15, 0.2) is 0 Å². The largest absolute Gasteiger partial charge is 0.0842 e. The summed E-state index contributed by atoms with van der Waals surface area (Å²) in [4.78, 5) is 0. The molecule has 0 N–H and O–H groups in total. The molecule has 0 spiro atoms. The lowest BCUT2D eigenvalue weighted by atomic mass is 9.84. The maximum atomic E-state index is 2.44. The van der Waals surface area contributed by atoms with Crippen molar-refractivity contribution in [2.45, 2.75) is 33.6 Å². The van der Waals surface area contributed by atoms with Crippen molar-refractivity contribution in [3.8, 4) is 0 Å². The van der Waals surface area contributed by atoms with Crippen LogP contribution >= 0.6 is 0 Å². The van der Waals surface area contributed by atoms with E-state index in [1.165, 1.54) is 12.8 Å². The van der Waals surface area contributed by atoms with Crippen molar-refractivity contribution in [2.75, 3.05) is 0 Å². The molecule has 0 radical (unpaired) electrons. The molecule has 2 bridgehead atoms. The minimum atomic E-state index is 0.810. The molecule has 0 nitrogen and oxygen atoms in total. The van der Waals surface area contributed by atoms with E-state index >= 15 is 0 Å². The Bertz CT molecular complexity index is 241. The molecule has 0 aromatic carbocycles. The van der Waals surface area contributed by atoms with Crippen LogP contribution in [0.2, 0.25) is 0 Å². The van der Waals surface area contributed by atoms with E-state index in [2.05, 4.69) is 32.9 Å². The molecule has 1 fully saturated rings. The highest BCUT2D eigenvalue weighted by Gasteiger charge is 2.39. The molecule has 12 heavy (non-hydrogen) atoms. The summed E-state index contributed by atoms with van der Waals surface area (Å²) in [5, 5.41) is 0. The van der Waals surface area contributed by atoms with Gasteiger partial charge in [0.25, 0.3) is 0 Å². The Kier molecular flexibility index (Phi) is 1.86. The summed E-state index contributed by atoms with van der Waals surface area (Å²) in [6.45, 7) is 6.86. The van der Waals surface area contributed by atoms with E-state index < -0.39 is 0 Å². The first-order valence-corrected chi connectivity index (χ1v) is 5.09. The average Bonchev–Trinajstić information content (AvgIpc) is 2.60. The molecule has 2 rings (SSSR count). The van der Waals surface area contributed by atoms with Crippen LogP contribution in [0.4, 0.5) is 0 Å². The van der Waals surface area contributed by atoms with E-state index in [-0.39, 0.29) is 0 Å². The van der Waals surface area contributed by atoms with Gasteiger partial charge in [-0.1, -0.05) is 30.2 Å². The van der Waals surface area contributed by atoms with Gasteiger partial charge in [-0.3, -0.25) is 0 Å². The molecule has 0 aromatic heterocycles. The zero-order valence-corrected chi connectivity index (χ0v) is 8.30. The smallest absolute Gasteiger partial charge is 0.00119 e. The van der Waals surface area contributed by atoms with E-state index in [9.17, 15) is 0 Å². The summed E-state index contributed by atoms with van der Waals surface area (Å²) in [6, 6.07) is 0. The molecule has 3 unspecified atom stereocenters. The normalized spacial score (nSPS) is 37.9. The van der Waals surface area contributed by atoms with Crippen LogP contribution in [-0.4, -0.2) is 0 Å². The topological polar surface area (TPSA) is 0 Å². The number of allylic oxidation sites excluding steroid dienone is 4. The van der Waals surface area contributed by atoms with Crippen LogP contribution in [-0.2, 0) is 0 Å². The lowest BCUT2D eigenvalue weighted by Gasteiger charge is -2.21. The van der Waals surface area contributed by atoms with Crippen molar-refractivity contribution >= 4 is 0 Å². The van der Waals surface area contributed by atoms with Crippen LogP contribution in [0.25, 0.3) is 0 Å². The summed E-state index contributed by atoms with van der Waals surface area (Å²) in [6.07, 6.45) is 7.58. The lowest BCUT2D eigenvalue weighted by molar-refractivity contribution is 0.495. The summed E-state index contributed by atoms with van der Waals surface area (Å²) in [5.74, 6) is 2.57. The van der Waals surface area contributed by atoms with Gasteiger partial charge in [0, 0.05) is 0 Å². The highest BCUT2D eigenvalue weighted by molar-refractivity contribution is 5.33. The Morgan fingerprint density at radius 2 is 2.17 bits per heavy atom. The maximum absolute atomic E-state index is 2.44. The number of hydrogen-bond acceptors (Lipinski definition) is 0. The molecule has 1 saturated carbocycles. The SMILES string of the molecule is CCC1C(=C(C)C)C2C=CC1C2. The molecular formula is C12H18. The van der Waals surface area contributed by atoms with Crippen molar-refractivity contribution < 1.29 is 0 Å². The first-order valence-electron chi connectivity index (χ1n) is 5.09. The highest BCUT2D eigenvalue weighted by Crippen LogP contribution is 2.49. The Hall–Kier alpha value is -0.520. The van der Waals surface area contributed by atoms with E-state index in [1.54, 1.807) is 11.1 Å². The van der Waals surface area contributed by atoms with Crippen molar-refractivity contribution in [3.63, 3.8) is 0 Å². The van der Waals surface area contributed by atoms with E-state index in [4.69, 9.17) is 0 Å². The fourth-order valence-electron chi connectivity index (χ4n) is 3.03. The molecule has 66 valence electrons. The van der Waals surface area contributed by atoms with Gasteiger partial charge in [-0.2, -0.15) is 0 Å². The predicted octanol–water partition coefficient (Wildman–Crippen LogP) is 3.55. The van der Waals surface area contributed by atoms with E-state index in [0.29, 0.717) is 0 Å². The minimum absolute atomic E-state index is 0.810. The molecule has 2 aliphatic rings. The summed E-state index contributed by atoms with van der Waals surface area (Å²) >= 11 is 0. The second-order valence-electron chi connectivity index (χ2n) is 4.36. The molecule has 0 heterocycles. The van der Waals surface area contributed by atoms with Gasteiger partial charge < -0.3 is 0 Å². The van der Waals surface area contributed by atoms with Gasteiger partial charge in [0.05, 0.1) is 0 Å². The van der Waals surface area contributed by atoms with Crippen LogP contribution in [0.5, 0.6) is 0 Å². The van der Waals surface area contributed by atoms with Crippen LogP contribution in [0.1, 0.15) is 33.6 Å². The van der Waals surface area contributed by atoms with Gasteiger partial charge >= 0.3 is 0 Å². The Morgan fingerprint density at radius 3 is 2.67 bits per heavy atom. The van der Waals surface area contributed by atoms with Crippen molar-refractivity contribution in [2.24, 2.45) is 17.8 Å². The second kappa shape index (κ2) is 2.76. The van der Waals surface area contributed by atoms with Gasteiger partial charge in [0.1, 0.15) is 0 Å². The standard InChI is InChI=1S/C12H18/c1-4-11-9-5-6-10(7-9)12(11)8(2)3/h5-6,9-11H,4,7H2,1-3H3. The first kappa shape index (κ1) is 8.10. The predicted molar refractivity (Wildman–Crippen MR) is 52.9 cm³/mol. The van der Waals surface area contributed by atoms with Gasteiger partial charge in [-0.05, 0) is 44.4 Å². The average molecular weight is 162 g/mol. The highest BCUT2D eigenvalue weighted by atomic mass is 14.4. The third kappa shape index (κ3) is 0.972. The van der Waals surface area contributed by atoms with E-state index in [1.807, 2.05) is 0 Å². The molecule has 0 aliphatic heterocycles. The van der Waals surface area contributed by atoms with Gasteiger partial charge in [0.2, 0.25) is 0 Å². The molecular weight excluding hydrogens is 144 g/mol. The quantitative estimate of drug-likeness (QED) is 0.517. The van der Waals surface area contributed by atoms with Crippen LogP contribution in [0.15, 0.2) is 23.3 Å². The summed E-state index contributed by atoms with van der Waals surface area (Å²) in [5.41, 5.74) is 3.32. The third-order valence-corrected chi connectivity index (χ3v) is 3.45.